The summed E-state index contributed by atoms with van der Waals surface area (Å²) in [5.74, 6) is 0.181. The van der Waals surface area contributed by atoms with E-state index in [2.05, 4.69) is 26.2 Å². The molecule has 0 bridgehead atoms. The van der Waals surface area contributed by atoms with Gasteiger partial charge >= 0.3 is 11.1 Å². The van der Waals surface area contributed by atoms with E-state index in [0.717, 1.165) is 9.37 Å². The molecule has 1 aromatic heterocycles. The van der Waals surface area contributed by atoms with E-state index in [1.54, 1.807) is 6.07 Å². The van der Waals surface area contributed by atoms with Crippen LogP contribution in [0.4, 0.5) is 0 Å². The Hall–Kier alpha value is -2.05. The number of amides is 1. The zero-order valence-electron chi connectivity index (χ0n) is 11.8. The van der Waals surface area contributed by atoms with E-state index in [1.807, 2.05) is 12.1 Å². The van der Waals surface area contributed by atoms with Gasteiger partial charge in [0.05, 0.1) is 23.1 Å². The molecule has 7 nitrogen and oxygen atoms in total. The molecular formula is C14H11BrN4O3S. The molecular weight excluding hydrogens is 384 g/mol. The largest absolute Gasteiger partial charge is 0.343 e. The van der Waals surface area contributed by atoms with Crippen molar-refractivity contribution < 1.29 is 4.79 Å². The van der Waals surface area contributed by atoms with Crippen LogP contribution in [0.2, 0.25) is 0 Å². The van der Waals surface area contributed by atoms with Gasteiger partial charge in [0.15, 0.2) is 0 Å². The molecule has 1 aromatic carbocycles. The third kappa shape index (κ3) is 2.92. The summed E-state index contributed by atoms with van der Waals surface area (Å²) in [6.45, 7) is -0.0814. The molecule has 0 saturated heterocycles. The maximum absolute atomic E-state index is 12.3. The first-order valence-corrected chi connectivity index (χ1v) is 8.53. The molecule has 1 atom stereocenters. The third-order valence-corrected chi connectivity index (χ3v) is 5.16. The van der Waals surface area contributed by atoms with Crippen molar-refractivity contribution in [3.05, 3.63) is 37.3 Å². The molecule has 0 aliphatic carbocycles. The molecule has 1 aliphatic rings. The van der Waals surface area contributed by atoms with E-state index in [-0.39, 0.29) is 18.9 Å². The van der Waals surface area contributed by atoms with Gasteiger partial charge in [-0.1, -0.05) is 15.9 Å². The summed E-state index contributed by atoms with van der Waals surface area (Å²) in [4.78, 5) is 39.5. The fraction of sp³-hybridized carbons (Fsp3) is 0.286. The number of nitriles is 1. The van der Waals surface area contributed by atoms with Crippen LogP contribution >= 0.6 is 27.7 Å². The lowest BCUT2D eigenvalue weighted by atomic mass is 10.2. The third-order valence-electron chi connectivity index (χ3n) is 3.52. The molecule has 0 fully saturated rings. The zero-order valence-corrected chi connectivity index (χ0v) is 14.2. The predicted molar refractivity (Wildman–Crippen MR) is 89.5 cm³/mol. The van der Waals surface area contributed by atoms with Crippen molar-refractivity contribution in [3.8, 4) is 6.07 Å². The molecule has 118 valence electrons. The molecule has 9 heteroatoms. The number of H-pyrrole nitrogens is 1. The maximum atomic E-state index is 12.3. The number of hydrogen-bond acceptors (Lipinski definition) is 5. The Morgan fingerprint density at radius 1 is 1.52 bits per heavy atom. The molecule has 2 heterocycles. The number of halogens is 1. The van der Waals surface area contributed by atoms with Crippen molar-refractivity contribution in [2.24, 2.45) is 0 Å². The summed E-state index contributed by atoms with van der Waals surface area (Å²) in [5.41, 5.74) is -0.198. The second-order valence-electron chi connectivity index (χ2n) is 5.03. The van der Waals surface area contributed by atoms with Gasteiger partial charge in [0.1, 0.15) is 6.54 Å². The highest BCUT2D eigenvalue weighted by molar-refractivity contribution is 9.10. The normalized spacial score (nSPS) is 16.1. The lowest BCUT2D eigenvalue weighted by Gasteiger charge is -2.26. The van der Waals surface area contributed by atoms with Crippen LogP contribution in [0.5, 0.6) is 0 Å². The van der Waals surface area contributed by atoms with Crippen molar-refractivity contribution in [1.29, 1.82) is 5.26 Å². The summed E-state index contributed by atoms with van der Waals surface area (Å²) in [7, 11) is 0. The van der Waals surface area contributed by atoms with Gasteiger partial charge in [-0.15, -0.1) is 11.8 Å². The lowest BCUT2D eigenvalue weighted by molar-refractivity contribution is -0.121. The number of benzene rings is 1. The smallest absolute Gasteiger partial charge is 0.317 e. The molecule has 1 aliphatic heterocycles. The van der Waals surface area contributed by atoms with Gasteiger partial charge in [0.2, 0.25) is 5.91 Å². The SMILES string of the molecule is N#CCNC(=O)CC1CSc2cc(Br)cc3[nH]c(=O)c(=O)n1c23. The summed E-state index contributed by atoms with van der Waals surface area (Å²) in [6, 6.07) is 5.02. The van der Waals surface area contributed by atoms with Crippen LogP contribution in [-0.4, -0.2) is 27.8 Å². The molecule has 0 saturated carbocycles. The number of thioether (sulfide) groups is 1. The van der Waals surface area contributed by atoms with Crippen molar-refractivity contribution in [1.82, 2.24) is 14.9 Å². The van der Waals surface area contributed by atoms with Crippen LogP contribution in [-0.2, 0) is 4.79 Å². The number of nitrogens with one attached hydrogen (secondary N) is 2. The summed E-state index contributed by atoms with van der Waals surface area (Å²) >= 11 is 4.91. The number of hydrogen-bond donors (Lipinski definition) is 2. The average molecular weight is 395 g/mol. The zero-order chi connectivity index (χ0) is 16.6. The minimum absolute atomic E-state index is 0.0443. The molecule has 0 radical (unpaired) electrons. The average Bonchev–Trinajstić information content (AvgIpc) is 2.51. The Morgan fingerprint density at radius 3 is 3.04 bits per heavy atom. The Balaban J connectivity index is 2.12. The summed E-state index contributed by atoms with van der Waals surface area (Å²) < 4.78 is 2.21. The van der Waals surface area contributed by atoms with Crippen molar-refractivity contribution >= 4 is 44.6 Å². The van der Waals surface area contributed by atoms with Gasteiger partial charge in [0, 0.05) is 21.5 Å². The first-order valence-electron chi connectivity index (χ1n) is 6.76. The predicted octanol–water partition coefficient (Wildman–Crippen LogP) is 1.13. The van der Waals surface area contributed by atoms with Gasteiger partial charge in [-0.25, -0.2) is 0 Å². The second kappa shape index (κ2) is 6.22. The van der Waals surface area contributed by atoms with E-state index in [1.165, 1.54) is 16.3 Å². The monoisotopic (exact) mass is 394 g/mol. The van der Waals surface area contributed by atoms with Crippen molar-refractivity contribution in [2.75, 3.05) is 12.3 Å². The molecule has 1 amide bonds. The van der Waals surface area contributed by atoms with E-state index < -0.39 is 17.2 Å². The fourth-order valence-electron chi connectivity index (χ4n) is 2.60. The number of rotatable bonds is 3. The molecule has 3 rings (SSSR count). The first-order chi connectivity index (χ1) is 11.0. The van der Waals surface area contributed by atoms with Crippen molar-refractivity contribution in [3.63, 3.8) is 0 Å². The number of aromatic amines is 1. The second-order valence-corrected chi connectivity index (χ2v) is 7.01. The van der Waals surface area contributed by atoms with Gasteiger partial charge in [-0.2, -0.15) is 5.26 Å². The summed E-state index contributed by atoms with van der Waals surface area (Å²) in [5, 5.41) is 11.0. The highest BCUT2D eigenvalue weighted by Crippen LogP contribution is 2.37. The van der Waals surface area contributed by atoms with Crippen LogP contribution in [0.1, 0.15) is 12.5 Å². The van der Waals surface area contributed by atoms with Gasteiger partial charge in [0.25, 0.3) is 0 Å². The Morgan fingerprint density at radius 2 is 2.30 bits per heavy atom. The fourth-order valence-corrected chi connectivity index (χ4v) is 4.40. The standard InChI is InChI=1S/C14H11BrN4O3S/c15-7-3-9-12-10(4-7)23-6-8(5-11(20)17-2-1-16)19(12)14(22)13(21)18-9/h3-4,8H,2,5-6H2,(H,17,20)(H,18,21). The van der Waals surface area contributed by atoms with Gasteiger partial charge in [-0.05, 0) is 12.1 Å². The van der Waals surface area contributed by atoms with Gasteiger partial charge in [-0.3, -0.25) is 19.0 Å². The number of nitrogens with zero attached hydrogens (tertiary/aromatic N) is 2. The number of carbonyl (C=O) groups is 1. The Labute approximate surface area is 142 Å². The minimum Gasteiger partial charge on any atom is -0.343 e. The lowest BCUT2D eigenvalue weighted by Crippen LogP contribution is -2.41. The Kier molecular flexibility index (Phi) is 4.28. The van der Waals surface area contributed by atoms with Crippen LogP contribution in [0.15, 0.2) is 31.1 Å². The van der Waals surface area contributed by atoms with E-state index in [9.17, 15) is 14.4 Å². The Bertz CT molecular complexity index is 959. The quantitative estimate of drug-likeness (QED) is 0.599. The van der Waals surface area contributed by atoms with Gasteiger partial charge < -0.3 is 10.3 Å². The minimum atomic E-state index is -0.712. The van der Waals surface area contributed by atoms with Crippen LogP contribution < -0.4 is 16.4 Å². The van der Waals surface area contributed by atoms with Crippen LogP contribution in [0, 0.1) is 11.3 Å². The first kappa shape index (κ1) is 15.8. The van der Waals surface area contributed by atoms with Crippen LogP contribution in [0.3, 0.4) is 0 Å². The van der Waals surface area contributed by atoms with E-state index in [4.69, 9.17) is 5.26 Å². The highest BCUT2D eigenvalue weighted by Gasteiger charge is 2.26. The molecule has 1 unspecified atom stereocenters. The summed E-state index contributed by atoms with van der Waals surface area (Å²) in [6.07, 6.45) is 0.0443. The van der Waals surface area contributed by atoms with E-state index in [0.29, 0.717) is 16.8 Å². The molecule has 2 N–H and O–H groups in total. The maximum Gasteiger partial charge on any atom is 0.317 e. The molecule has 2 aromatic rings. The number of aromatic nitrogens is 2. The highest BCUT2D eigenvalue weighted by atomic mass is 79.9. The topological polar surface area (TPSA) is 108 Å². The molecule has 23 heavy (non-hydrogen) atoms. The molecule has 0 spiro atoms. The van der Waals surface area contributed by atoms with Crippen LogP contribution in [0.25, 0.3) is 11.0 Å². The number of carbonyl (C=O) groups excluding carboxylic acids is 1. The van der Waals surface area contributed by atoms with Crippen molar-refractivity contribution in [2.45, 2.75) is 17.4 Å². The van der Waals surface area contributed by atoms with E-state index >= 15 is 0 Å².